The van der Waals surface area contributed by atoms with E-state index in [1.54, 1.807) is 36.7 Å². The van der Waals surface area contributed by atoms with Crippen molar-refractivity contribution in [3.8, 4) is 5.75 Å². The molecular formula is C11H9FN2O. The highest BCUT2D eigenvalue weighted by Crippen LogP contribution is 2.15. The zero-order valence-electron chi connectivity index (χ0n) is 7.93. The molecule has 2 rings (SSSR count). The Morgan fingerprint density at radius 2 is 1.80 bits per heavy atom. The first-order valence-electron chi connectivity index (χ1n) is 4.49. The molecule has 2 aromatic rings. The van der Waals surface area contributed by atoms with E-state index in [1.807, 2.05) is 0 Å². The van der Waals surface area contributed by atoms with Gasteiger partial charge in [0.15, 0.2) is 17.4 Å². The maximum Gasteiger partial charge on any atom is 0.166 e. The summed E-state index contributed by atoms with van der Waals surface area (Å²) in [4.78, 5) is 7.93. The first-order chi connectivity index (χ1) is 7.36. The Bertz CT molecular complexity index is 434. The number of hydrogen-bond donors (Lipinski definition) is 0. The molecule has 0 fully saturated rings. The van der Waals surface area contributed by atoms with Crippen molar-refractivity contribution in [2.45, 2.75) is 6.61 Å². The molecule has 0 aliphatic heterocycles. The Morgan fingerprint density at radius 1 is 1.07 bits per heavy atom. The van der Waals surface area contributed by atoms with Crippen LogP contribution in [-0.4, -0.2) is 9.97 Å². The van der Waals surface area contributed by atoms with E-state index in [0.29, 0.717) is 5.82 Å². The third kappa shape index (κ3) is 2.49. The minimum absolute atomic E-state index is 0.168. The second kappa shape index (κ2) is 4.50. The molecule has 0 amide bonds. The smallest absolute Gasteiger partial charge is 0.166 e. The molecule has 1 heterocycles. The lowest BCUT2D eigenvalue weighted by Gasteiger charge is -2.05. The Kier molecular flexibility index (Phi) is 2.88. The van der Waals surface area contributed by atoms with Gasteiger partial charge in [0.05, 0.1) is 0 Å². The largest absolute Gasteiger partial charge is 0.483 e. The van der Waals surface area contributed by atoms with Gasteiger partial charge in [0.1, 0.15) is 6.61 Å². The second-order valence-electron chi connectivity index (χ2n) is 2.88. The van der Waals surface area contributed by atoms with Crippen LogP contribution < -0.4 is 4.74 Å². The summed E-state index contributed by atoms with van der Waals surface area (Å²) in [6.45, 7) is 0.168. The number of ether oxygens (including phenoxy) is 1. The number of aromatic nitrogens is 2. The molecule has 0 saturated carbocycles. The number of nitrogens with zero attached hydrogens (tertiary/aromatic N) is 2. The van der Waals surface area contributed by atoms with Crippen molar-refractivity contribution in [1.82, 2.24) is 9.97 Å². The zero-order valence-corrected chi connectivity index (χ0v) is 7.93. The lowest BCUT2D eigenvalue weighted by molar-refractivity contribution is 0.281. The van der Waals surface area contributed by atoms with Crippen LogP contribution in [0.1, 0.15) is 5.82 Å². The average molecular weight is 204 g/mol. The van der Waals surface area contributed by atoms with Crippen LogP contribution in [-0.2, 0) is 6.61 Å². The molecule has 0 atom stereocenters. The number of benzene rings is 1. The fourth-order valence-corrected chi connectivity index (χ4v) is 1.11. The summed E-state index contributed by atoms with van der Waals surface area (Å²) in [7, 11) is 0. The molecule has 76 valence electrons. The first kappa shape index (κ1) is 9.58. The van der Waals surface area contributed by atoms with Gasteiger partial charge in [-0.25, -0.2) is 14.4 Å². The van der Waals surface area contributed by atoms with Gasteiger partial charge in [-0.2, -0.15) is 0 Å². The van der Waals surface area contributed by atoms with E-state index in [1.165, 1.54) is 6.07 Å². The van der Waals surface area contributed by atoms with Crippen LogP contribution in [0.2, 0.25) is 0 Å². The van der Waals surface area contributed by atoms with Crippen molar-refractivity contribution >= 4 is 0 Å². The van der Waals surface area contributed by atoms with Crippen LogP contribution in [0.3, 0.4) is 0 Å². The summed E-state index contributed by atoms with van der Waals surface area (Å²) in [5.41, 5.74) is 0. The van der Waals surface area contributed by atoms with Gasteiger partial charge in [-0.15, -0.1) is 0 Å². The quantitative estimate of drug-likeness (QED) is 0.768. The fraction of sp³-hybridized carbons (Fsp3) is 0.0909. The monoisotopic (exact) mass is 204 g/mol. The standard InChI is InChI=1S/C11H9FN2O/c12-9-4-1-2-5-10(9)15-8-11-13-6-3-7-14-11/h1-7H,8H2. The molecule has 1 aromatic carbocycles. The molecule has 0 radical (unpaired) electrons. The number of rotatable bonds is 3. The molecular weight excluding hydrogens is 195 g/mol. The summed E-state index contributed by atoms with van der Waals surface area (Å²) >= 11 is 0. The number of para-hydroxylation sites is 1. The van der Waals surface area contributed by atoms with Crippen LogP contribution in [0.4, 0.5) is 4.39 Å². The van der Waals surface area contributed by atoms with Gasteiger partial charge in [-0.1, -0.05) is 12.1 Å². The molecule has 1 aromatic heterocycles. The Morgan fingerprint density at radius 3 is 2.53 bits per heavy atom. The van der Waals surface area contributed by atoms with Gasteiger partial charge in [0, 0.05) is 12.4 Å². The minimum Gasteiger partial charge on any atom is -0.483 e. The van der Waals surface area contributed by atoms with E-state index < -0.39 is 0 Å². The lowest BCUT2D eigenvalue weighted by Crippen LogP contribution is -2.01. The Balaban J connectivity index is 2.03. The predicted molar refractivity (Wildman–Crippen MR) is 52.8 cm³/mol. The van der Waals surface area contributed by atoms with Gasteiger partial charge in [0.2, 0.25) is 0 Å². The SMILES string of the molecule is Fc1ccccc1OCc1ncccn1. The molecule has 0 aliphatic rings. The lowest BCUT2D eigenvalue weighted by atomic mass is 10.3. The summed E-state index contributed by atoms with van der Waals surface area (Å²) in [6, 6.07) is 7.96. The molecule has 4 heteroatoms. The normalized spacial score (nSPS) is 9.93. The molecule has 0 spiro atoms. The van der Waals surface area contributed by atoms with Crippen LogP contribution >= 0.6 is 0 Å². The molecule has 0 N–H and O–H groups in total. The maximum absolute atomic E-state index is 13.1. The van der Waals surface area contributed by atoms with E-state index in [-0.39, 0.29) is 18.2 Å². The fourth-order valence-electron chi connectivity index (χ4n) is 1.11. The van der Waals surface area contributed by atoms with Gasteiger partial charge in [-0.05, 0) is 18.2 Å². The van der Waals surface area contributed by atoms with Crippen LogP contribution in [0, 0.1) is 5.82 Å². The predicted octanol–water partition coefficient (Wildman–Crippen LogP) is 2.19. The Labute approximate surface area is 86.6 Å². The van der Waals surface area contributed by atoms with Crippen LogP contribution in [0.25, 0.3) is 0 Å². The van der Waals surface area contributed by atoms with Crippen molar-refractivity contribution < 1.29 is 9.13 Å². The topological polar surface area (TPSA) is 35.0 Å². The van der Waals surface area contributed by atoms with Crippen molar-refractivity contribution in [3.63, 3.8) is 0 Å². The molecule has 15 heavy (non-hydrogen) atoms. The van der Waals surface area contributed by atoms with Crippen LogP contribution in [0.15, 0.2) is 42.7 Å². The van der Waals surface area contributed by atoms with E-state index in [9.17, 15) is 4.39 Å². The first-order valence-corrected chi connectivity index (χ1v) is 4.49. The van der Waals surface area contributed by atoms with E-state index in [4.69, 9.17) is 4.74 Å². The van der Waals surface area contributed by atoms with Gasteiger partial charge < -0.3 is 4.74 Å². The number of halogens is 1. The molecule has 0 bridgehead atoms. The zero-order chi connectivity index (χ0) is 10.5. The molecule has 0 unspecified atom stereocenters. The minimum atomic E-state index is -0.381. The average Bonchev–Trinajstić information content (AvgIpc) is 2.29. The summed E-state index contributed by atoms with van der Waals surface area (Å²) in [5.74, 6) is 0.360. The third-order valence-electron chi connectivity index (χ3n) is 1.81. The highest BCUT2D eigenvalue weighted by molar-refractivity contribution is 5.23. The molecule has 0 aliphatic carbocycles. The van der Waals surface area contributed by atoms with Gasteiger partial charge in [0.25, 0.3) is 0 Å². The second-order valence-corrected chi connectivity index (χ2v) is 2.88. The Hall–Kier alpha value is -1.97. The molecule has 3 nitrogen and oxygen atoms in total. The summed E-state index contributed by atoms with van der Waals surface area (Å²) in [5, 5.41) is 0. The summed E-state index contributed by atoms with van der Waals surface area (Å²) < 4.78 is 18.3. The van der Waals surface area contributed by atoms with Gasteiger partial charge >= 0.3 is 0 Å². The number of hydrogen-bond acceptors (Lipinski definition) is 3. The van der Waals surface area contributed by atoms with Crippen LogP contribution in [0.5, 0.6) is 5.75 Å². The van der Waals surface area contributed by atoms with Crippen molar-refractivity contribution in [3.05, 3.63) is 54.4 Å². The van der Waals surface area contributed by atoms with Crippen molar-refractivity contribution in [2.24, 2.45) is 0 Å². The van der Waals surface area contributed by atoms with E-state index in [2.05, 4.69) is 9.97 Å². The third-order valence-corrected chi connectivity index (χ3v) is 1.81. The van der Waals surface area contributed by atoms with Crippen molar-refractivity contribution in [1.29, 1.82) is 0 Å². The molecule has 0 saturated heterocycles. The van der Waals surface area contributed by atoms with Gasteiger partial charge in [-0.3, -0.25) is 0 Å². The van der Waals surface area contributed by atoms with Crippen molar-refractivity contribution in [2.75, 3.05) is 0 Å². The van der Waals surface area contributed by atoms with E-state index >= 15 is 0 Å². The summed E-state index contributed by atoms with van der Waals surface area (Å²) in [6.07, 6.45) is 3.24. The highest BCUT2D eigenvalue weighted by atomic mass is 19.1. The van der Waals surface area contributed by atoms with E-state index in [0.717, 1.165) is 0 Å². The highest BCUT2D eigenvalue weighted by Gasteiger charge is 2.02. The maximum atomic E-state index is 13.1.